The van der Waals surface area contributed by atoms with E-state index in [1.165, 1.54) is 17.1 Å². The van der Waals surface area contributed by atoms with E-state index < -0.39 is 10.0 Å². The molecule has 108 valence electrons. The van der Waals surface area contributed by atoms with E-state index in [9.17, 15) is 8.42 Å². The molecule has 8 heteroatoms. The van der Waals surface area contributed by atoms with Gasteiger partial charge in [-0.1, -0.05) is 0 Å². The Hall–Kier alpha value is -1.93. The molecule has 0 saturated heterocycles. The molecule has 2 aromatic rings. The van der Waals surface area contributed by atoms with Crippen LogP contribution in [-0.4, -0.2) is 30.3 Å². The molecule has 0 aliphatic carbocycles. The summed E-state index contributed by atoms with van der Waals surface area (Å²) in [5.41, 5.74) is 2.61. The van der Waals surface area contributed by atoms with Gasteiger partial charge in [-0.05, 0) is 13.8 Å². The van der Waals surface area contributed by atoms with Gasteiger partial charge in [-0.15, -0.1) is 0 Å². The first kappa shape index (κ1) is 14.5. The van der Waals surface area contributed by atoms with Gasteiger partial charge in [-0.25, -0.2) is 13.6 Å². The first-order valence-corrected chi connectivity index (χ1v) is 7.42. The normalized spacial score (nSPS) is 11.6. The molecule has 0 fully saturated rings. The monoisotopic (exact) mass is 296 g/mol. The van der Waals surface area contributed by atoms with E-state index in [0.29, 0.717) is 6.54 Å². The molecule has 2 rings (SSSR count). The molecule has 0 atom stereocenters. The average Bonchev–Trinajstić information content (AvgIpc) is 2.82. The molecular formula is C12H16N4O3S. The van der Waals surface area contributed by atoms with Crippen LogP contribution in [0.2, 0.25) is 0 Å². The summed E-state index contributed by atoms with van der Waals surface area (Å²) < 4.78 is 29.2. The number of primary sulfonamides is 1. The minimum atomic E-state index is -3.73. The highest BCUT2D eigenvalue weighted by atomic mass is 32.2. The van der Waals surface area contributed by atoms with Crippen LogP contribution in [0.5, 0.6) is 5.75 Å². The standard InChI is InChI=1S/C12H16N4O3S/c1-8-4-14-11(9(2)12(8)19-3)7-16-6-10(5-15-16)20(13,17)18/h4-6H,7H2,1-3H3,(H2,13,17,18). The van der Waals surface area contributed by atoms with E-state index in [1.54, 1.807) is 13.3 Å². The van der Waals surface area contributed by atoms with Crippen molar-refractivity contribution in [3.05, 3.63) is 35.4 Å². The Labute approximate surface area is 117 Å². The molecule has 0 bridgehead atoms. The van der Waals surface area contributed by atoms with E-state index in [4.69, 9.17) is 9.88 Å². The first-order valence-electron chi connectivity index (χ1n) is 5.87. The van der Waals surface area contributed by atoms with Crippen LogP contribution in [0.4, 0.5) is 0 Å². The first-order chi connectivity index (χ1) is 9.32. The van der Waals surface area contributed by atoms with Gasteiger partial charge in [-0.3, -0.25) is 9.67 Å². The predicted octanol–water partition coefficient (Wildman–Crippen LogP) is 0.599. The van der Waals surface area contributed by atoms with Gasteiger partial charge in [0, 0.05) is 23.5 Å². The van der Waals surface area contributed by atoms with Crippen molar-refractivity contribution in [1.82, 2.24) is 14.8 Å². The lowest BCUT2D eigenvalue weighted by Gasteiger charge is -2.12. The maximum absolute atomic E-state index is 11.2. The zero-order valence-corrected chi connectivity index (χ0v) is 12.3. The number of sulfonamides is 1. The molecule has 7 nitrogen and oxygen atoms in total. The number of aromatic nitrogens is 3. The van der Waals surface area contributed by atoms with Gasteiger partial charge in [0.25, 0.3) is 0 Å². The molecule has 0 radical (unpaired) electrons. The van der Waals surface area contributed by atoms with Gasteiger partial charge in [0.05, 0.1) is 25.5 Å². The number of nitrogens with two attached hydrogens (primary N) is 1. The highest BCUT2D eigenvalue weighted by Gasteiger charge is 2.13. The SMILES string of the molecule is COc1c(C)cnc(Cn2cc(S(N)(=O)=O)cn2)c1C. The molecule has 0 amide bonds. The Morgan fingerprint density at radius 3 is 2.60 bits per heavy atom. The Morgan fingerprint density at radius 2 is 2.05 bits per heavy atom. The minimum absolute atomic E-state index is 0.0192. The molecule has 0 unspecified atom stereocenters. The van der Waals surface area contributed by atoms with Crippen molar-refractivity contribution in [1.29, 1.82) is 0 Å². The van der Waals surface area contributed by atoms with Crippen molar-refractivity contribution >= 4 is 10.0 Å². The second-order valence-corrected chi connectivity index (χ2v) is 6.03. The number of rotatable bonds is 4. The van der Waals surface area contributed by atoms with Gasteiger partial charge < -0.3 is 4.74 Å². The number of hydrogen-bond acceptors (Lipinski definition) is 5. The van der Waals surface area contributed by atoms with Crippen molar-refractivity contribution < 1.29 is 13.2 Å². The van der Waals surface area contributed by atoms with Crippen molar-refractivity contribution in [2.24, 2.45) is 5.14 Å². The van der Waals surface area contributed by atoms with Crippen LogP contribution in [0.25, 0.3) is 0 Å². The summed E-state index contributed by atoms with van der Waals surface area (Å²) in [6.07, 6.45) is 4.31. The minimum Gasteiger partial charge on any atom is -0.496 e. The molecule has 0 aliphatic rings. The van der Waals surface area contributed by atoms with Crippen LogP contribution in [0.1, 0.15) is 16.8 Å². The van der Waals surface area contributed by atoms with Crippen molar-refractivity contribution in [2.45, 2.75) is 25.3 Å². The van der Waals surface area contributed by atoms with Gasteiger partial charge in [0.2, 0.25) is 10.0 Å². The van der Waals surface area contributed by atoms with Crippen LogP contribution in [0.15, 0.2) is 23.5 Å². The summed E-state index contributed by atoms with van der Waals surface area (Å²) >= 11 is 0. The van der Waals surface area contributed by atoms with Crippen molar-refractivity contribution in [3.8, 4) is 5.75 Å². The number of nitrogens with zero attached hydrogens (tertiary/aromatic N) is 3. The van der Waals surface area contributed by atoms with Gasteiger partial charge in [-0.2, -0.15) is 5.10 Å². The zero-order chi connectivity index (χ0) is 14.9. The van der Waals surface area contributed by atoms with E-state index in [0.717, 1.165) is 22.6 Å². The van der Waals surface area contributed by atoms with E-state index in [2.05, 4.69) is 10.1 Å². The van der Waals surface area contributed by atoms with Crippen LogP contribution >= 0.6 is 0 Å². The fourth-order valence-electron chi connectivity index (χ4n) is 1.96. The molecule has 0 spiro atoms. The second-order valence-electron chi connectivity index (χ2n) is 4.46. The molecule has 2 aromatic heterocycles. The zero-order valence-electron chi connectivity index (χ0n) is 11.5. The van der Waals surface area contributed by atoms with Gasteiger partial charge in [0.15, 0.2) is 0 Å². The van der Waals surface area contributed by atoms with Crippen LogP contribution in [-0.2, 0) is 16.6 Å². The van der Waals surface area contributed by atoms with E-state index in [1.807, 2.05) is 13.8 Å². The fourth-order valence-corrected chi connectivity index (χ4v) is 2.42. The fraction of sp³-hybridized carbons (Fsp3) is 0.333. The summed E-state index contributed by atoms with van der Waals surface area (Å²) in [5, 5.41) is 9.02. The van der Waals surface area contributed by atoms with Crippen LogP contribution < -0.4 is 9.88 Å². The molecule has 0 aliphatic heterocycles. The topological polar surface area (TPSA) is 100 Å². The molecule has 0 saturated carbocycles. The Kier molecular flexibility index (Phi) is 3.78. The Morgan fingerprint density at radius 1 is 1.35 bits per heavy atom. The molecule has 0 aromatic carbocycles. The third-order valence-electron chi connectivity index (χ3n) is 3.00. The number of aryl methyl sites for hydroxylation is 1. The summed E-state index contributed by atoms with van der Waals surface area (Å²) in [7, 11) is -2.13. The Bertz CT molecular complexity index is 737. The highest BCUT2D eigenvalue weighted by molar-refractivity contribution is 7.89. The van der Waals surface area contributed by atoms with Gasteiger partial charge in [0.1, 0.15) is 10.6 Å². The highest BCUT2D eigenvalue weighted by Crippen LogP contribution is 2.24. The third kappa shape index (κ3) is 2.81. The smallest absolute Gasteiger partial charge is 0.241 e. The van der Waals surface area contributed by atoms with Gasteiger partial charge >= 0.3 is 0 Å². The summed E-state index contributed by atoms with van der Waals surface area (Å²) in [5.74, 6) is 0.772. The van der Waals surface area contributed by atoms with Crippen molar-refractivity contribution in [3.63, 3.8) is 0 Å². The molecule has 2 N–H and O–H groups in total. The third-order valence-corrected chi connectivity index (χ3v) is 3.87. The number of hydrogen-bond donors (Lipinski definition) is 1. The summed E-state index contributed by atoms with van der Waals surface area (Å²) in [6.45, 7) is 4.16. The summed E-state index contributed by atoms with van der Waals surface area (Å²) in [6, 6.07) is 0. The second kappa shape index (κ2) is 5.22. The molecule has 2 heterocycles. The van der Waals surface area contributed by atoms with Crippen LogP contribution in [0.3, 0.4) is 0 Å². The maximum Gasteiger partial charge on any atom is 0.241 e. The number of ether oxygens (including phenoxy) is 1. The lowest BCUT2D eigenvalue weighted by Crippen LogP contribution is -2.11. The average molecular weight is 296 g/mol. The lowest BCUT2D eigenvalue weighted by molar-refractivity contribution is 0.406. The predicted molar refractivity (Wildman–Crippen MR) is 73.0 cm³/mol. The lowest BCUT2D eigenvalue weighted by atomic mass is 10.1. The van der Waals surface area contributed by atoms with E-state index in [-0.39, 0.29) is 4.90 Å². The maximum atomic E-state index is 11.2. The molecular weight excluding hydrogens is 280 g/mol. The Balaban J connectivity index is 2.34. The van der Waals surface area contributed by atoms with Crippen LogP contribution in [0, 0.1) is 13.8 Å². The largest absolute Gasteiger partial charge is 0.496 e. The summed E-state index contributed by atoms with van der Waals surface area (Å²) in [4.78, 5) is 4.31. The number of pyridine rings is 1. The molecule has 20 heavy (non-hydrogen) atoms. The van der Waals surface area contributed by atoms with E-state index >= 15 is 0 Å². The number of methoxy groups -OCH3 is 1. The quantitative estimate of drug-likeness (QED) is 0.890. The van der Waals surface area contributed by atoms with Crippen molar-refractivity contribution in [2.75, 3.05) is 7.11 Å².